The predicted octanol–water partition coefficient (Wildman–Crippen LogP) is 5.96. The average Bonchev–Trinajstić information content (AvgIpc) is 2.57. The SMILES string of the molecule is C#C/C=C\C=C/C/C=C(C)/C=C/c1ccc(OCCCC)cc1. The lowest BCUT2D eigenvalue weighted by Crippen LogP contribution is -1.95. The van der Waals surface area contributed by atoms with Crippen LogP contribution >= 0.6 is 0 Å². The van der Waals surface area contributed by atoms with Crippen LogP contribution in [-0.2, 0) is 0 Å². The summed E-state index contributed by atoms with van der Waals surface area (Å²) in [5.41, 5.74) is 2.41. The molecule has 0 atom stereocenters. The minimum Gasteiger partial charge on any atom is -0.494 e. The second kappa shape index (κ2) is 12.1. The summed E-state index contributed by atoms with van der Waals surface area (Å²) in [7, 11) is 0. The molecule has 0 aliphatic carbocycles. The first kappa shape index (κ1) is 18.6. The Morgan fingerprint density at radius 2 is 2.00 bits per heavy atom. The minimum atomic E-state index is 0.789. The Kier molecular flexibility index (Phi) is 9.80. The van der Waals surface area contributed by atoms with Crippen LogP contribution in [0.25, 0.3) is 6.08 Å². The van der Waals surface area contributed by atoms with Crippen molar-refractivity contribution in [3.8, 4) is 18.1 Å². The molecule has 0 aliphatic rings. The van der Waals surface area contributed by atoms with E-state index in [4.69, 9.17) is 11.2 Å². The first-order chi connectivity index (χ1) is 11.3. The van der Waals surface area contributed by atoms with Gasteiger partial charge in [0, 0.05) is 0 Å². The van der Waals surface area contributed by atoms with Gasteiger partial charge in [-0.25, -0.2) is 0 Å². The standard InChI is InChI=1S/C22H26O/c1-4-6-8-9-10-11-12-20(3)13-14-21-15-17-22(18-16-21)23-19-7-5-2/h1,6,8-10,12-18H,5,7,11,19H2,2-3H3/b8-6-,10-9-,14-13+,20-12+. The summed E-state index contributed by atoms with van der Waals surface area (Å²) in [6.45, 7) is 5.05. The molecule has 1 heteroatoms. The van der Waals surface area contributed by atoms with Gasteiger partial charge in [-0.05, 0) is 43.5 Å². The van der Waals surface area contributed by atoms with E-state index in [9.17, 15) is 0 Å². The van der Waals surface area contributed by atoms with Crippen molar-refractivity contribution in [3.05, 3.63) is 71.9 Å². The summed E-state index contributed by atoms with van der Waals surface area (Å²) in [6.07, 6.45) is 22.3. The van der Waals surface area contributed by atoms with E-state index in [2.05, 4.69) is 56.2 Å². The highest BCUT2D eigenvalue weighted by molar-refractivity contribution is 5.53. The van der Waals surface area contributed by atoms with Gasteiger partial charge in [0.1, 0.15) is 5.75 Å². The Bertz CT molecular complexity index is 592. The fraction of sp³-hybridized carbons (Fsp3) is 0.273. The lowest BCUT2D eigenvalue weighted by molar-refractivity contribution is 0.309. The monoisotopic (exact) mass is 306 g/mol. The lowest BCUT2D eigenvalue weighted by atomic mass is 10.1. The van der Waals surface area contributed by atoms with Crippen LogP contribution in [0.2, 0.25) is 0 Å². The zero-order valence-electron chi connectivity index (χ0n) is 14.2. The van der Waals surface area contributed by atoms with Crippen molar-refractivity contribution in [2.75, 3.05) is 6.61 Å². The molecular formula is C22H26O. The van der Waals surface area contributed by atoms with E-state index < -0.39 is 0 Å². The number of terminal acetylenes is 1. The van der Waals surface area contributed by atoms with Gasteiger partial charge in [0.2, 0.25) is 0 Å². The van der Waals surface area contributed by atoms with Crippen molar-refractivity contribution in [2.45, 2.75) is 33.1 Å². The average molecular weight is 306 g/mol. The molecule has 0 unspecified atom stereocenters. The maximum atomic E-state index is 5.66. The summed E-state index contributed by atoms with van der Waals surface area (Å²) in [4.78, 5) is 0. The van der Waals surface area contributed by atoms with Gasteiger partial charge in [0.15, 0.2) is 0 Å². The number of ether oxygens (including phenoxy) is 1. The third-order valence-corrected chi connectivity index (χ3v) is 3.20. The highest BCUT2D eigenvalue weighted by Gasteiger charge is 1.93. The number of benzene rings is 1. The molecule has 0 fully saturated rings. The maximum absolute atomic E-state index is 5.66. The summed E-state index contributed by atoms with van der Waals surface area (Å²) in [6, 6.07) is 8.20. The molecule has 1 rings (SSSR count). The second-order valence-corrected chi connectivity index (χ2v) is 5.24. The molecule has 1 nitrogen and oxygen atoms in total. The van der Waals surface area contributed by atoms with Crippen LogP contribution in [0.4, 0.5) is 0 Å². The molecule has 0 heterocycles. The van der Waals surface area contributed by atoms with Crippen LogP contribution in [0.3, 0.4) is 0 Å². The van der Waals surface area contributed by atoms with Gasteiger partial charge in [0.25, 0.3) is 0 Å². The highest BCUT2D eigenvalue weighted by Crippen LogP contribution is 2.14. The number of unbranched alkanes of at least 4 members (excludes halogenated alkanes) is 1. The first-order valence-electron chi connectivity index (χ1n) is 8.11. The molecule has 0 radical (unpaired) electrons. The normalized spacial score (nSPS) is 12.3. The molecule has 0 saturated carbocycles. The Morgan fingerprint density at radius 3 is 2.70 bits per heavy atom. The topological polar surface area (TPSA) is 9.23 Å². The van der Waals surface area contributed by atoms with Gasteiger partial charge in [-0.3, -0.25) is 0 Å². The van der Waals surface area contributed by atoms with Crippen LogP contribution in [0.15, 0.2) is 66.3 Å². The van der Waals surface area contributed by atoms with E-state index in [1.54, 1.807) is 6.08 Å². The zero-order chi connectivity index (χ0) is 16.8. The first-order valence-corrected chi connectivity index (χ1v) is 8.11. The molecule has 0 aliphatic heterocycles. The Labute approximate surface area is 141 Å². The smallest absolute Gasteiger partial charge is 0.119 e. The van der Waals surface area contributed by atoms with E-state index in [1.807, 2.05) is 24.3 Å². The molecule has 23 heavy (non-hydrogen) atoms. The predicted molar refractivity (Wildman–Crippen MR) is 101 cm³/mol. The molecule has 0 amide bonds. The molecule has 1 aromatic carbocycles. The lowest BCUT2D eigenvalue weighted by Gasteiger charge is -2.05. The number of hydrogen-bond donors (Lipinski definition) is 0. The second-order valence-electron chi connectivity index (χ2n) is 5.24. The van der Waals surface area contributed by atoms with Gasteiger partial charge in [-0.15, -0.1) is 6.42 Å². The van der Waals surface area contributed by atoms with Crippen LogP contribution in [0.5, 0.6) is 5.75 Å². The number of allylic oxidation sites excluding steroid dienone is 7. The van der Waals surface area contributed by atoms with Gasteiger partial charge in [-0.1, -0.05) is 73.4 Å². The van der Waals surface area contributed by atoms with Crippen molar-refractivity contribution >= 4 is 6.08 Å². The molecule has 0 spiro atoms. The summed E-state index contributed by atoms with van der Waals surface area (Å²) in [5, 5.41) is 0. The maximum Gasteiger partial charge on any atom is 0.119 e. The van der Waals surface area contributed by atoms with Crippen molar-refractivity contribution < 1.29 is 4.74 Å². The summed E-state index contributed by atoms with van der Waals surface area (Å²) < 4.78 is 5.66. The summed E-state index contributed by atoms with van der Waals surface area (Å²) >= 11 is 0. The Balaban J connectivity index is 2.45. The van der Waals surface area contributed by atoms with Gasteiger partial charge >= 0.3 is 0 Å². The van der Waals surface area contributed by atoms with Gasteiger partial charge < -0.3 is 4.74 Å². The van der Waals surface area contributed by atoms with Gasteiger partial charge in [-0.2, -0.15) is 0 Å². The van der Waals surface area contributed by atoms with Crippen LogP contribution in [0.1, 0.15) is 38.7 Å². The van der Waals surface area contributed by atoms with Gasteiger partial charge in [0.05, 0.1) is 6.61 Å². The molecule has 0 N–H and O–H groups in total. The third-order valence-electron chi connectivity index (χ3n) is 3.20. The minimum absolute atomic E-state index is 0.789. The Hall–Kier alpha value is -2.46. The molecule has 0 bridgehead atoms. The van der Waals surface area contributed by atoms with E-state index >= 15 is 0 Å². The van der Waals surface area contributed by atoms with Crippen molar-refractivity contribution in [3.63, 3.8) is 0 Å². The number of hydrogen-bond acceptors (Lipinski definition) is 1. The molecule has 0 aromatic heterocycles. The van der Waals surface area contributed by atoms with E-state index in [1.165, 1.54) is 11.1 Å². The van der Waals surface area contributed by atoms with Crippen molar-refractivity contribution in [1.82, 2.24) is 0 Å². The quantitative estimate of drug-likeness (QED) is 0.311. The van der Waals surface area contributed by atoms with E-state index in [0.29, 0.717) is 0 Å². The Morgan fingerprint density at radius 1 is 1.22 bits per heavy atom. The van der Waals surface area contributed by atoms with Crippen LogP contribution in [-0.4, -0.2) is 6.61 Å². The molecular weight excluding hydrogens is 280 g/mol. The van der Waals surface area contributed by atoms with E-state index in [-0.39, 0.29) is 0 Å². The largest absolute Gasteiger partial charge is 0.494 e. The molecule has 1 aromatic rings. The van der Waals surface area contributed by atoms with Crippen molar-refractivity contribution in [2.24, 2.45) is 0 Å². The third kappa shape index (κ3) is 9.22. The van der Waals surface area contributed by atoms with Crippen LogP contribution in [0, 0.1) is 12.3 Å². The van der Waals surface area contributed by atoms with Crippen molar-refractivity contribution in [1.29, 1.82) is 0 Å². The molecule has 0 saturated heterocycles. The zero-order valence-corrected chi connectivity index (χ0v) is 14.2. The fourth-order valence-corrected chi connectivity index (χ4v) is 1.83. The van der Waals surface area contributed by atoms with E-state index in [0.717, 1.165) is 31.6 Å². The fourth-order valence-electron chi connectivity index (χ4n) is 1.83. The molecule has 120 valence electrons. The highest BCUT2D eigenvalue weighted by atomic mass is 16.5. The number of rotatable bonds is 9. The summed E-state index contributed by atoms with van der Waals surface area (Å²) in [5.74, 6) is 3.39. The van der Waals surface area contributed by atoms with Crippen LogP contribution < -0.4 is 4.74 Å².